The van der Waals surface area contributed by atoms with Gasteiger partial charge in [0, 0.05) is 15.5 Å². The molecule has 5 heteroatoms. The number of hydrogen-bond donors (Lipinski definition) is 2. The number of aromatic nitrogens is 1. The number of carboxylic acids is 1. The highest BCUT2D eigenvalue weighted by Gasteiger charge is 2.11. The van der Waals surface area contributed by atoms with Gasteiger partial charge in [0.05, 0.1) is 0 Å². The van der Waals surface area contributed by atoms with Gasteiger partial charge in [-0.15, -0.1) is 0 Å². The molecule has 0 saturated heterocycles. The second-order valence-electron chi connectivity index (χ2n) is 4.52. The molecule has 104 valence electrons. The van der Waals surface area contributed by atoms with E-state index >= 15 is 0 Å². The number of benzene rings is 2. The van der Waals surface area contributed by atoms with Gasteiger partial charge in [-0.3, -0.25) is 0 Å². The van der Waals surface area contributed by atoms with Gasteiger partial charge >= 0.3 is 5.97 Å². The molecule has 0 spiro atoms. The zero-order chi connectivity index (χ0) is 14.8. The first-order valence-electron chi connectivity index (χ1n) is 6.29. The predicted molar refractivity (Wildman–Crippen MR) is 86.1 cm³/mol. The maximum atomic E-state index is 11.2. The lowest BCUT2D eigenvalue weighted by Crippen LogP contribution is -2.04. The Hall–Kier alpha value is -2.40. The number of rotatable bonds is 3. The Labute approximate surface area is 129 Å². The Morgan fingerprint density at radius 1 is 1.10 bits per heavy atom. The van der Waals surface area contributed by atoms with Crippen molar-refractivity contribution in [2.24, 2.45) is 0 Å². The molecular formula is C16H11BrN2O2. The van der Waals surface area contributed by atoms with Crippen LogP contribution in [0.4, 0.5) is 11.5 Å². The SMILES string of the molecule is O=C(O)c1cc2ccccc2c(Nc2cccc(Br)c2)n1. The molecule has 0 amide bonds. The van der Waals surface area contributed by atoms with E-state index in [1.165, 1.54) is 0 Å². The van der Waals surface area contributed by atoms with Gasteiger partial charge in [-0.25, -0.2) is 9.78 Å². The van der Waals surface area contributed by atoms with Crippen LogP contribution in [-0.2, 0) is 0 Å². The van der Waals surface area contributed by atoms with Crippen LogP contribution in [0, 0.1) is 0 Å². The van der Waals surface area contributed by atoms with E-state index in [2.05, 4.69) is 26.2 Å². The maximum absolute atomic E-state index is 11.2. The van der Waals surface area contributed by atoms with Crippen LogP contribution in [0.1, 0.15) is 10.5 Å². The Morgan fingerprint density at radius 2 is 1.90 bits per heavy atom. The van der Waals surface area contributed by atoms with Crippen molar-refractivity contribution in [1.82, 2.24) is 4.98 Å². The van der Waals surface area contributed by atoms with E-state index in [9.17, 15) is 9.90 Å². The average Bonchev–Trinajstić information content (AvgIpc) is 2.47. The quantitative estimate of drug-likeness (QED) is 0.738. The molecule has 0 atom stereocenters. The van der Waals surface area contributed by atoms with Crippen molar-refractivity contribution in [3.63, 3.8) is 0 Å². The van der Waals surface area contributed by atoms with Crippen LogP contribution in [0.2, 0.25) is 0 Å². The topological polar surface area (TPSA) is 62.2 Å². The van der Waals surface area contributed by atoms with E-state index < -0.39 is 5.97 Å². The van der Waals surface area contributed by atoms with Crippen LogP contribution in [0.3, 0.4) is 0 Å². The number of aromatic carboxylic acids is 1. The molecule has 3 rings (SSSR count). The van der Waals surface area contributed by atoms with Gasteiger partial charge in [0.25, 0.3) is 0 Å². The highest BCUT2D eigenvalue weighted by molar-refractivity contribution is 9.10. The molecule has 4 nitrogen and oxygen atoms in total. The Kier molecular flexibility index (Phi) is 3.58. The largest absolute Gasteiger partial charge is 0.477 e. The van der Waals surface area contributed by atoms with Crippen molar-refractivity contribution in [2.75, 3.05) is 5.32 Å². The van der Waals surface area contributed by atoms with Crippen molar-refractivity contribution < 1.29 is 9.90 Å². The van der Waals surface area contributed by atoms with E-state index in [1.807, 2.05) is 48.5 Å². The summed E-state index contributed by atoms with van der Waals surface area (Å²) in [6.45, 7) is 0. The molecule has 0 aliphatic carbocycles. The molecule has 2 aromatic carbocycles. The molecule has 1 aromatic heterocycles. The molecule has 0 unspecified atom stereocenters. The number of hydrogen-bond acceptors (Lipinski definition) is 3. The second kappa shape index (κ2) is 5.54. The molecule has 0 aliphatic rings. The number of anilines is 2. The lowest BCUT2D eigenvalue weighted by Gasteiger charge is -2.10. The smallest absolute Gasteiger partial charge is 0.354 e. The van der Waals surface area contributed by atoms with Gasteiger partial charge in [0.15, 0.2) is 5.69 Å². The number of pyridine rings is 1. The third-order valence-electron chi connectivity index (χ3n) is 3.05. The number of nitrogens with zero attached hydrogens (tertiary/aromatic N) is 1. The third kappa shape index (κ3) is 2.87. The van der Waals surface area contributed by atoms with Crippen molar-refractivity contribution in [3.8, 4) is 0 Å². The molecule has 1 heterocycles. The summed E-state index contributed by atoms with van der Waals surface area (Å²) in [7, 11) is 0. The van der Waals surface area contributed by atoms with Crippen LogP contribution in [0.5, 0.6) is 0 Å². The Bertz CT molecular complexity index is 833. The minimum Gasteiger partial charge on any atom is -0.477 e. The van der Waals surface area contributed by atoms with E-state index in [0.29, 0.717) is 5.82 Å². The van der Waals surface area contributed by atoms with E-state index in [-0.39, 0.29) is 5.69 Å². The normalized spacial score (nSPS) is 10.5. The number of carboxylic acid groups (broad SMARTS) is 1. The lowest BCUT2D eigenvalue weighted by molar-refractivity contribution is 0.0691. The molecule has 3 aromatic rings. The molecule has 21 heavy (non-hydrogen) atoms. The summed E-state index contributed by atoms with van der Waals surface area (Å²) in [5, 5.41) is 14.1. The van der Waals surface area contributed by atoms with Gasteiger partial charge in [-0.05, 0) is 29.7 Å². The molecule has 0 radical (unpaired) electrons. The highest BCUT2D eigenvalue weighted by atomic mass is 79.9. The summed E-state index contributed by atoms with van der Waals surface area (Å²) < 4.78 is 0.936. The summed E-state index contributed by atoms with van der Waals surface area (Å²) in [6, 6.07) is 16.7. The summed E-state index contributed by atoms with van der Waals surface area (Å²) >= 11 is 3.41. The van der Waals surface area contributed by atoms with Crippen LogP contribution in [0.25, 0.3) is 10.8 Å². The molecule has 0 aliphatic heterocycles. The van der Waals surface area contributed by atoms with Gasteiger partial charge in [0.2, 0.25) is 0 Å². The zero-order valence-corrected chi connectivity index (χ0v) is 12.5. The molecule has 0 fully saturated rings. The van der Waals surface area contributed by atoms with Crippen molar-refractivity contribution in [1.29, 1.82) is 0 Å². The predicted octanol–water partition coefficient (Wildman–Crippen LogP) is 4.44. The van der Waals surface area contributed by atoms with E-state index in [1.54, 1.807) is 6.07 Å². The van der Waals surface area contributed by atoms with Gasteiger partial charge in [0.1, 0.15) is 5.82 Å². The highest BCUT2D eigenvalue weighted by Crippen LogP contribution is 2.26. The number of halogens is 1. The van der Waals surface area contributed by atoms with Crippen molar-refractivity contribution >= 4 is 44.2 Å². The standard InChI is InChI=1S/C16H11BrN2O2/c17-11-5-3-6-12(9-11)18-15-13-7-2-1-4-10(13)8-14(19-15)16(20)21/h1-9H,(H,18,19)(H,20,21). The van der Waals surface area contributed by atoms with Gasteiger partial charge in [-0.2, -0.15) is 0 Å². The van der Waals surface area contributed by atoms with Gasteiger partial charge < -0.3 is 10.4 Å². The number of nitrogens with one attached hydrogen (secondary N) is 1. The van der Waals surface area contributed by atoms with Crippen LogP contribution < -0.4 is 5.32 Å². The van der Waals surface area contributed by atoms with Crippen molar-refractivity contribution in [3.05, 3.63) is 64.8 Å². The minimum absolute atomic E-state index is 0.0196. The van der Waals surface area contributed by atoms with Crippen LogP contribution in [0.15, 0.2) is 59.1 Å². The summed E-state index contributed by atoms with van der Waals surface area (Å²) in [6.07, 6.45) is 0. The fourth-order valence-electron chi connectivity index (χ4n) is 2.11. The van der Waals surface area contributed by atoms with Crippen LogP contribution >= 0.6 is 15.9 Å². The fourth-order valence-corrected chi connectivity index (χ4v) is 2.51. The zero-order valence-electron chi connectivity index (χ0n) is 10.9. The van der Waals surface area contributed by atoms with Gasteiger partial charge in [-0.1, -0.05) is 46.3 Å². The monoisotopic (exact) mass is 342 g/mol. The minimum atomic E-state index is -1.04. The van der Waals surface area contributed by atoms with Crippen LogP contribution in [-0.4, -0.2) is 16.1 Å². The first-order valence-corrected chi connectivity index (χ1v) is 7.08. The lowest BCUT2D eigenvalue weighted by atomic mass is 10.1. The number of fused-ring (bicyclic) bond motifs is 1. The summed E-state index contributed by atoms with van der Waals surface area (Å²) in [5.74, 6) is -0.512. The second-order valence-corrected chi connectivity index (χ2v) is 5.43. The molecular weight excluding hydrogens is 332 g/mol. The van der Waals surface area contributed by atoms with E-state index in [0.717, 1.165) is 20.9 Å². The van der Waals surface area contributed by atoms with E-state index in [4.69, 9.17) is 0 Å². The fraction of sp³-hybridized carbons (Fsp3) is 0. The third-order valence-corrected chi connectivity index (χ3v) is 3.54. The summed E-state index contributed by atoms with van der Waals surface area (Å²) in [5.41, 5.74) is 0.857. The maximum Gasteiger partial charge on any atom is 0.354 e. The Morgan fingerprint density at radius 3 is 2.67 bits per heavy atom. The number of carbonyl (C=O) groups is 1. The molecule has 2 N–H and O–H groups in total. The molecule has 0 bridgehead atoms. The molecule has 0 saturated carbocycles. The first-order chi connectivity index (χ1) is 10.1. The summed E-state index contributed by atoms with van der Waals surface area (Å²) in [4.78, 5) is 15.4. The Balaban J connectivity index is 2.13. The first kappa shape index (κ1) is 13.6. The average molecular weight is 343 g/mol. The van der Waals surface area contributed by atoms with Crippen molar-refractivity contribution in [2.45, 2.75) is 0 Å².